The second-order valence-electron chi connectivity index (χ2n) is 5.82. The summed E-state index contributed by atoms with van der Waals surface area (Å²) in [6.07, 6.45) is 2.00. The summed E-state index contributed by atoms with van der Waals surface area (Å²) >= 11 is 0. The highest BCUT2D eigenvalue weighted by molar-refractivity contribution is 5.99. The van der Waals surface area contributed by atoms with Gasteiger partial charge in [0.05, 0.1) is 12.5 Å². The molecule has 1 unspecified atom stereocenters. The number of methoxy groups -OCH3 is 1. The fourth-order valence-corrected chi connectivity index (χ4v) is 2.76. The predicted octanol–water partition coefficient (Wildman–Crippen LogP) is 1.96. The summed E-state index contributed by atoms with van der Waals surface area (Å²) in [5.74, 6) is -0.135. The largest absolute Gasteiger partial charge is 0.380 e. The number of hydrogen-bond acceptors (Lipinski definition) is 4. The minimum atomic E-state index is -0.301. The van der Waals surface area contributed by atoms with Crippen molar-refractivity contribution < 1.29 is 14.3 Å². The standard InChI is InChI=1S/C17H25N3O3.ClH/c1-12-14(17(22)20-8-3-4-9-20)6-5-7-15(12)19-16(21)10-13(11-18)23-2;/h5-7,13H,3-4,8-11,18H2,1-2H3,(H,19,21);1H. The Morgan fingerprint density at radius 3 is 2.58 bits per heavy atom. The fourth-order valence-electron chi connectivity index (χ4n) is 2.76. The van der Waals surface area contributed by atoms with E-state index in [2.05, 4.69) is 5.32 Å². The van der Waals surface area contributed by atoms with Crippen molar-refractivity contribution in [2.24, 2.45) is 5.73 Å². The maximum atomic E-state index is 12.6. The minimum Gasteiger partial charge on any atom is -0.380 e. The number of carbonyl (C=O) groups excluding carboxylic acids is 2. The van der Waals surface area contributed by atoms with Crippen LogP contribution < -0.4 is 11.1 Å². The van der Waals surface area contributed by atoms with E-state index < -0.39 is 0 Å². The molecule has 1 atom stereocenters. The number of amides is 2. The van der Waals surface area contributed by atoms with Crippen molar-refractivity contribution in [2.45, 2.75) is 32.3 Å². The molecule has 0 saturated carbocycles. The first-order valence-electron chi connectivity index (χ1n) is 7.98. The number of nitrogens with one attached hydrogen (secondary N) is 1. The van der Waals surface area contributed by atoms with Crippen LogP contribution in [0.4, 0.5) is 5.69 Å². The van der Waals surface area contributed by atoms with Crippen LogP contribution in [0.3, 0.4) is 0 Å². The van der Waals surface area contributed by atoms with Gasteiger partial charge in [0.15, 0.2) is 0 Å². The number of nitrogens with two attached hydrogens (primary N) is 1. The Bertz CT molecular complexity index is 570. The van der Waals surface area contributed by atoms with E-state index in [1.807, 2.05) is 17.9 Å². The van der Waals surface area contributed by atoms with Gasteiger partial charge in [0.2, 0.25) is 5.91 Å². The molecule has 1 aromatic rings. The molecule has 1 saturated heterocycles. The fraction of sp³-hybridized carbons (Fsp3) is 0.529. The van der Waals surface area contributed by atoms with Gasteiger partial charge in [-0.2, -0.15) is 0 Å². The van der Waals surface area contributed by atoms with E-state index in [9.17, 15) is 9.59 Å². The summed E-state index contributed by atoms with van der Waals surface area (Å²) in [5.41, 5.74) is 7.63. The summed E-state index contributed by atoms with van der Waals surface area (Å²) in [4.78, 5) is 26.5. The van der Waals surface area contributed by atoms with Crippen molar-refractivity contribution in [3.8, 4) is 0 Å². The van der Waals surface area contributed by atoms with Gasteiger partial charge in [0, 0.05) is 38.0 Å². The third-order valence-corrected chi connectivity index (χ3v) is 4.24. The second-order valence-corrected chi connectivity index (χ2v) is 5.82. The molecule has 1 aromatic carbocycles. The summed E-state index contributed by atoms with van der Waals surface area (Å²) in [6, 6.07) is 5.41. The molecule has 2 rings (SSSR count). The molecule has 0 bridgehead atoms. The van der Waals surface area contributed by atoms with Crippen LogP contribution in [-0.2, 0) is 9.53 Å². The Balaban J connectivity index is 0.00000288. The molecule has 2 amide bonds. The van der Waals surface area contributed by atoms with E-state index in [1.54, 1.807) is 12.1 Å². The van der Waals surface area contributed by atoms with E-state index in [0.717, 1.165) is 31.5 Å². The maximum Gasteiger partial charge on any atom is 0.254 e. The van der Waals surface area contributed by atoms with Crippen LogP contribution in [0.15, 0.2) is 18.2 Å². The molecular weight excluding hydrogens is 330 g/mol. The van der Waals surface area contributed by atoms with Gasteiger partial charge in [0.1, 0.15) is 0 Å². The van der Waals surface area contributed by atoms with Crippen molar-refractivity contribution in [1.29, 1.82) is 0 Å². The molecule has 1 aliphatic rings. The van der Waals surface area contributed by atoms with Gasteiger partial charge in [-0.05, 0) is 37.5 Å². The molecule has 24 heavy (non-hydrogen) atoms. The third-order valence-electron chi connectivity index (χ3n) is 4.24. The SMILES string of the molecule is COC(CN)CC(=O)Nc1cccc(C(=O)N2CCCC2)c1C.Cl. The summed E-state index contributed by atoms with van der Waals surface area (Å²) in [7, 11) is 1.53. The van der Waals surface area contributed by atoms with Crippen molar-refractivity contribution in [2.75, 3.05) is 32.1 Å². The smallest absolute Gasteiger partial charge is 0.254 e. The quantitative estimate of drug-likeness (QED) is 0.816. The topological polar surface area (TPSA) is 84.7 Å². The summed E-state index contributed by atoms with van der Waals surface area (Å²) in [5, 5.41) is 2.85. The van der Waals surface area contributed by atoms with Crippen molar-refractivity contribution in [1.82, 2.24) is 4.90 Å². The first kappa shape index (κ1) is 20.4. The molecule has 1 heterocycles. The Morgan fingerprint density at radius 2 is 2.00 bits per heavy atom. The Morgan fingerprint density at radius 1 is 1.33 bits per heavy atom. The highest BCUT2D eigenvalue weighted by Gasteiger charge is 2.22. The number of likely N-dealkylation sites (tertiary alicyclic amines) is 1. The maximum absolute atomic E-state index is 12.6. The van der Waals surface area contributed by atoms with Crippen LogP contribution in [0.1, 0.15) is 35.2 Å². The van der Waals surface area contributed by atoms with Gasteiger partial charge in [-0.1, -0.05) is 6.07 Å². The van der Waals surface area contributed by atoms with Crippen LogP contribution >= 0.6 is 12.4 Å². The first-order chi connectivity index (χ1) is 11.1. The Hall–Kier alpha value is -1.63. The van der Waals surface area contributed by atoms with Gasteiger partial charge in [-0.3, -0.25) is 9.59 Å². The number of hydrogen-bond donors (Lipinski definition) is 2. The highest BCUT2D eigenvalue weighted by atomic mass is 35.5. The zero-order valence-electron chi connectivity index (χ0n) is 14.2. The van der Waals surface area contributed by atoms with E-state index in [0.29, 0.717) is 11.3 Å². The summed E-state index contributed by atoms with van der Waals surface area (Å²) < 4.78 is 5.12. The van der Waals surface area contributed by atoms with Crippen LogP contribution in [0.25, 0.3) is 0 Å². The second kappa shape index (κ2) is 9.61. The molecule has 1 fully saturated rings. The van der Waals surface area contributed by atoms with Crippen LogP contribution in [-0.4, -0.2) is 49.6 Å². The molecule has 0 aliphatic carbocycles. The normalized spacial score (nSPS) is 14.9. The molecule has 3 N–H and O–H groups in total. The molecular formula is C17H26ClN3O3. The molecule has 7 heteroatoms. The van der Waals surface area contributed by atoms with Crippen molar-refractivity contribution in [3.05, 3.63) is 29.3 Å². The lowest BCUT2D eigenvalue weighted by Crippen LogP contribution is -2.29. The minimum absolute atomic E-state index is 0. The number of benzene rings is 1. The van der Waals surface area contributed by atoms with E-state index >= 15 is 0 Å². The van der Waals surface area contributed by atoms with Gasteiger partial charge in [-0.25, -0.2) is 0 Å². The van der Waals surface area contributed by atoms with Crippen LogP contribution in [0.5, 0.6) is 0 Å². The lowest BCUT2D eigenvalue weighted by atomic mass is 10.1. The van der Waals surface area contributed by atoms with Gasteiger partial charge in [-0.15, -0.1) is 12.4 Å². The number of nitrogens with zero attached hydrogens (tertiary/aromatic N) is 1. The number of anilines is 1. The van der Waals surface area contributed by atoms with Crippen molar-refractivity contribution >= 4 is 29.9 Å². The Labute approximate surface area is 149 Å². The van der Waals surface area contributed by atoms with Gasteiger partial charge >= 0.3 is 0 Å². The monoisotopic (exact) mass is 355 g/mol. The zero-order valence-corrected chi connectivity index (χ0v) is 15.0. The average Bonchev–Trinajstić information content (AvgIpc) is 3.08. The lowest BCUT2D eigenvalue weighted by molar-refractivity contribution is -0.118. The summed E-state index contributed by atoms with van der Waals surface area (Å²) in [6.45, 7) is 3.76. The lowest BCUT2D eigenvalue weighted by Gasteiger charge is -2.19. The number of halogens is 1. The highest BCUT2D eigenvalue weighted by Crippen LogP contribution is 2.22. The van der Waals surface area contributed by atoms with Crippen LogP contribution in [0.2, 0.25) is 0 Å². The van der Waals surface area contributed by atoms with Gasteiger partial charge < -0.3 is 20.7 Å². The zero-order chi connectivity index (χ0) is 16.8. The van der Waals surface area contributed by atoms with E-state index in [4.69, 9.17) is 10.5 Å². The molecule has 0 radical (unpaired) electrons. The third kappa shape index (κ3) is 4.93. The average molecular weight is 356 g/mol. The van der Waals surface area contributed by atoms with Crippen molar-refractivity contribution in [3.63, 3.8) is 0 Å². The number of rotatable bonds is 6. The van der Waals surface area contributed by atoms with Gasteiger partial charge in [0.25, 0.3) is 5.91 Å². The molecule has 0 aromatic heterocycles. The number of ether oxygens (including phenoxy) is 1. The molecule has 6 nitrogen and oxygen atoms in total. The van der Waals surface area contributed by atoms with E-state index in [-0.39, 0.29) is 43.3 Å². The molecule has 0 spiro atoms. The predicted molar refractivity (Wildman–Crippen MR) is 96.7 cm³/mol. The Kier molecular flexibility index (Phi) is 8.18. The van der Waals surface area contributed by atoms with Crippen LogP contribution in [0, 0.1) is 6.92 Å². The first-order valence-corrected chi connectivity index (χ1v) is 7.98. The van der Waals surface area contributed by atoms with E-state index in [1.165, 1.54) is 7.11 Å². The molecule has 134 valence electrons. The number of carbonyl (C=O) groups is 2. The molecule has 1 aliphatic heterocycles.